The van der Waals surface area contributed by atoms with Crippen LogP contribution in [-0.2, 0) is 42.8 Å². The summed E-state index contributed by atoms with van der Waals surface area (Å²) >= 11 is 0. The van der Waals surface area contributed by atoms with Crippen LogP contribution in [0.3, 0.4) is 0 Å². The first-order chi connectivity index (χ1) is 23.4. The summed E-state index contributed by atoms with van der Waals surface area (Å²) in [4.78, 5) is 35.9. The fourth-order valence-electron chi connectivity index (χ4n) is 5.51. The average molecular weight is 781 g/mol. The van der Waals surface area contributed by atoms with Crippen LogP contribution < -0.4 is 80.4 Å². The van der Waals surface area contributed by atoms with Gasteiger partial charge in [0.25, 0.3) is 0 Å². The van der Waals surface area contributed by atoms with Gasteiger partial charge in [-0.3, -0.25) is 4.79 Å². The van der Waals surface area contributed by atoms with Gasteiger partial charge in [-0.15, -0.1) is 0 Å². The van der Waals surface area contributed by atoms with E-state index in [4.69, 9.17) is 34.2 Å². The number of carboxylic acids is 2. The second kappa shape index (κ2) is 21.8. The monoisotopic (exact) mass is 780 g/mol. The molecule has 14 N–H and O–H groups in total. The maximum Gasteiger partial charge on any atom is 1.00 e. The van der Waals surface area contributed by atoms with Gasteiger partial charge in [-0.25, -0.2) is 0 Å². The molecule has 3 heterocycles. The third kappa shape index (κ3) is 11.4. The number of carbonyl (C=O) groups is 3. The number of aliphatic hydroxyl groups is 11. The molecule has 0 saturated carbocycles. The molecule has 1 amide bonds. The zero-order chi connectivity index (χ0) is 37.8. The summed E-state index contributed by atoms with van der Waals surface area (Å²) in [6.45, 7) is -2.02. The summed E-state index contributed by atoms with van der Waals surface area (Å²) in [6.07, 6.45) is -36.0. The van der Waals surface area contributed by atoms with Gasteiger partial charge in [-0.1, -0.05) is 0 Å². The topological polar surface area (TPSA) is 413 Å². The standard InChI is InChI=1S/C26H44N2O22.2Na/c1-5(32)28-9-18(47-25-15(39)12(36)13(37)20(49-25)22(41)42)11(35)8(4-31)45-24(9)48-19-14(38)16(40)26(50-21(19)23(43)44)46-17(6(27)2-29)10(34)7(33)3-30;;/h6-21,24-26,29-31,33-40H,2-4,27H2,1H3,(H,28,32)(H,41,42)(H,43,44);;/q;2*+1/p-2/t6?,7?,8?,9?,10-,11-,12+,13+,14-,15?,16?,17-,18-,19+,20?,21?,24+,25-,26-;;/m1../s1. The molecule has 19 atom stereocenters. The van der Waals surface area contributed by atoms with Crippen molar-refractivity contribution in [3.05, 3.63) is 0 Å². The Kier molecular flexibility index (Phi) is 20.9. The van der Waals surface area contributed by atoms with Gasteiger partial charge in [0.2, 0.25) is 5.91 Å². The molecular formula is C26H42N2Na2O22. The van der Waals surface area contributed by atoms with E-state index in [-0.39, 0.29) is 59.1 Å². The molecular weight excluding hydrogens is 738 g/mol. The van der Waals surface area contributed by atoms with Crippen molar-refractivity contribution in [1.82, 2.24) is 5.32 Å². The van der Waals surface area contributed by atoms with Crippen molar-refractivity contribution in [3.63, 3.8) is 0 Å². The molecule has 0 aliphatic carbocycles. The molecule has 0 aromatic rings. The van der Waals surface area contributed by atoms with Crippen LogP contribution in [-0.4, -0.2) is 210 Å². The van der Waals surface area contributed by atoms with Crippen molar-refractivity contribution in [3.8, 4) is 0 Å². The summed E-state index contributed by atoms with van der Waals surface area (Å²) in [6, 6.07) is -3.35. The molecule has 0 radical (unpaired) electrons. The van der Waals surface area contributed by atoms with Gasteiger partial charge >= 0.3 is 59.1 Å². The molecule has 3 aliphatic rings. The van der Waals surface area contributed by atoms with E-state index in [2.05, 4.69) is 5.32 Å². The molecule has 8 unspecified atom stereocenters. The predicted octanol–water partition coefficient (Wildman–Crippen LogP) is -18.5. The van der Waals surface area contributed by atoms with Crippen LogP contribution in [0, 0.1) is 0 Å². The average Bonchev–Trinajstić information content (AvgIpc) is 3.07. The molecule has 290 valence electrons. The minimum atomic E-state index is -2.41. The molecule has 3 fully saturated rings. The van der Waals surface area contributed by atoms with E-state index < -0.39 is 154 Å². The molecule has 0 bridgehead atoms. The van der Waals surface area contributed by atoms with Crippen LogP contribution in [0.5, 0.6) is 0 Å². The normalized spacial score (nSPS) is 40.2. The van der Waals surface area contributed by atoms with E-state index in [0.29, 0.717) is 0 Å². The molecule has 0 spiro atoms. The molecule has 3 aliphatic heterocycles. The van der Waals surface area contributed by atoms with Gasteiger partial charge in [-0.05, 0) is 0 Å². The van der Waals surface area contributed by atoms with E-state index in [1.807, 2.05) is 0 Å². The summed E-state index contributed by atoms with van der Waals surface area (Å²) in [7, 11) is 0. The van der Waals surface area contributed by atoms with Gasteiger partial charge in [-0.2, -0.15) is 0 Å². The van der Waals surface area contributed by atoms with E-state index in [0.717, 1.165) is 6.92 Å². The summed E-state index contributed by atoms with van der Waals surface area (Å²) < 4.78 is 32.2. The fourth-order valence-corrected chi connectivity index (χ4v) is 5.51. The first kappa shape index (κ1) is 49.7. The Morgan fingerprint density at radius 2 is 1.27 bits per heavy atom. The first-order valence-corrected chi connectivity index (χ1v) is 15.0. The number of aliphatic carboxylic acids is 2. The van der Waals surface area contributed by atoms with E-state index in [1.54, 1.807) is 0 Å². The molecule has 0 aromatic carbocycles. The minimum Gasteiger partial charge on any atom is -0.547 e. The second-order valence-corrected chi connectivity index (χ2v) is 11.8. The van der Waals surface area contributed by atoms with Crippen molar-refractivity contribution < 1.29 is 168 Å². The Balaban J connectivity index is 0.00000676. The Morgan fingerprint density at radius 1 is 0.731 bits per heavy atom. The van der Waals surface area contributed by atoms with E-state index in [1.165, 1.54) is 0 Å². The Labute approximate surface area is 338 Å². The van der Waals surface area contributed by atoms with Crippen LogP contribution >= 0.6 is 0 Å². The van der Waals surface area contributed by atoms with E-state index in [9.17, 15) is 80.8 Å². The third-order valence-corrected chi connectivity index (χ3v) is 8.23. The number of carboxylic acid groups (broad SMARTS) is 2. The van der Waals surface area contributed by atoms with Gasteiger partial charge in [0, 0.05) is 6.92 Å². The Hall–Kier alpha value is -0.310. The zero-order valence-corrected chi connectivity index (χ0v) is 32.1. The maximum atomic E-state index is 12.2. The van der Waals surface area contributed by atoms with Crippen molar-refractivity contribution >= 4 is 17.8 Å². The summed E-state index contributed by atoms with van der Waals surface area (Å²) in [5.74, 6) is -5.06. The fraction of sp³-hybridized carbons (Fsp3) is 0.885. The number of hydrogen-bond donors (Lipinski definition) is 13. The number of ether oxygens (including phenoxy) is 6. The molecule has 26 heteroatoms. The summed E-state index contributed by atoms with van der Waals surface area (Å²) in [5, 5.41) is 138. The van der Waals surface area contributed by atoms with Crippen molar-refractivity contribution in [2.45, 2.75) is 123 Å². The van der Waals surface area contributed by atoms with Crippen molar-refractivity contribution in [2.75, 3.05) is 19.8 Å². The van der Waals surface area contributed by atoms with Crippen LogP contribution in [0.25, 0.3) is 0 Å². The predicted molar refractivity (Wildman–Crippen MR) is 146 cm³/mol. The van der Waals surface area contributed by atoms with Gasteiger partial charge in [0.05, 0.1) is 37.8 Å². The molecule has 3 saturated heterocycles. The van der Waals surface area contributed by atoms with Gasteiger partial charge in [0.1, 0.15) is 91.5 Å². The zero-order valence-electron chi connectivity index (χ0n) is 28.1. The second-order valence-electron chi connectivity index (χ2n) is 11.8. The molecule has 52 heavy (non-hydrogen) atoms. The van der Waals surface area contributed by atoms with Crippen LogP contribution in [0.4, 0.5) is 0 Å². The SMILES string of the molecule is CC(=O)NC1[C@H](O[C@@H]2C(C(=O)[O-])O[C@@H](O[C@H](C(N)CO)[C@H](O)C(O)CO)C(O)[C@H]2O)OC(CO)[C@@H](O)[C@@H]1O[C@@H]1OC(C(=O)[O-])[C@@H](O)[C@H](O)C1O.[Na+].[Na+]. The van der Waals surface area contributed by atoms with Crippen LogP contribution in [0.1, 0.15) is 6.92 Å². The number of aliphatic hydroxyl groups excluding tert-OH is 11. The van der Waals surface area contributed by atoms with Crippen LogP contribution in [0.15, 0.2) is 0 Å². The Morgan fingerprint density at radius 3 is 1.77 bits per heavy atom. The van der Waals surface area contributed by atoms with Crippen molar-refractivity contribution in [2.24, 2.45) is 5.73 Å². The quantitative estimate of drug-likeness (QED) is 0.0686. The van der Waals surface area contributed by atoms with E-state index >= 15 is 0 Å². The smallest absolute Gasteiger partial charge is 0.547 e. The Bertz CT molecular complexity index is 1150. The molecule has 3 rings (SSSR count). The van der Waals surface area contributed by atoms with Gasteiger partial charge in [0.15, 0.2) is 18.9 Å². The number of nitrogens with two attached hydrogens (primary N) is 1. The number of hydrogen-bond acceptors (Lipinski definition) is 23. The summed E-state index contributed by atoms with van der Waals surface area (Å²) in [5.41, 5.74) is 5.70. The molecule has 0 aromatic heterocycles. The van der Waals surface area contributed by atoms with Crippen LogP contribution in [0.2, 0.25) is 0 Å². The molecule has 24 nitrogen and oxygen atoms in total. The largest absolute Gasteiger partial charge is 1.00 e. The minimum absolute atomic E-state index is 0. The number of carbonyl (C=O) groups excluding carboxylic acids is 3. The van der Waals surface area contributed by atoms with Crippen molar-refractivity contribution in [1.29, 1.82) is 0 Å². The maximum absolute atomic E-state index is 12.2. The third-order valence-electron chi connectivity index (χ3n) is 8.23. The number of amides is 1. The van der Waals surface area contributed by atoms with Gasteiger partial charge < -0.3 is 115 Å². The first-order valence-electron chi connectivity index (χ1n) is 15.0. The number of nitrogens with one attached hydrogen (secondary N) is 1. The number of rotatable bonds is 15.